The predicted octanol–water partition coefficient (Wildman–Crippen LogP) is 2.59. The summed E-state index contributed by atoms with van der Waals surface area (Å²) in [7, 11) is 0. The Morgan fingerprint density at radius 1 is 1.16 bits per heavy atom. The molecule has 0 atom stereocenters. The molecule has 1 heterocycles. The van der Waals surface area contributed by atoms with Gasteiger partial charge in [-0.15, -0.1) is 0 Å². The van der Waals surface area contributed by atoms with Crippen LogP contribution in [0, 0.1) is 0 Å². The van der Waals surface area contributed by atoms with Gasteiger partial charge in [0.1, 0.15) is 12.4 Å². The van der Waals surface area contributed by atoms with E-state index >= 15 is 0 Å². The Balaban J connectivity index is 1.85. The van der Waals surface area contributed by atoms with Crippen LogP contribution in [0.5, 0.6) is 5.75 Å². The summed E-state index contributed by atoms with van der Waals surface area (Å²) in [4.78, 5) is 0. The minimum Gasteiger partial charge on any atom is -0.489 e. The van der Waals surface area contributed by atoms with Crippen molar-refractivity contribution in [2.24, 2.45) is 0 Å². The molecule has 0 spiro atoms. The van der Waals surface area contributed by atoms with Crippen LogP contribution in [0.2, 0.25) is 0 Å². The second kappa shape index (κ2) is 6.95. The van der Waals surface area contributed by atoms with Crippen molar-refractivity contribution in [2.75, 3.05) is 6.54 Å². The number of aromatic nitrogens is 2. The molecule has 102 valence electrons. The summed E-state index contributed by atoms with van der Waals surface area (Å²) in [6.45, 7) is 7.51. The highest BCUT2D eigenvalue weighted by molar-refractivity contribution is 5.27. The SMILES string of the molecule is CCNCc1ccc(OCc2cnn(CC)c2)cc1. The smallest absolute Gasteiger partial charge is 0.119 e. The highest BCUT2D eigenvalue weighted by Gasteiger charge is 1.99. The third-order valence-corrected chi connectivity index (χ3v) is 2.92. The van der Waals surface area contributed by atoms with Crippen molar-refractivity contribution in [2.45, 2.75) is 33.5 Å². The van der Waals surface area contributed by atoms with E-state index in [2.05, 4.69) is 36.4 Å². The molecule has 0 aliphatic rings. The first-order valence-electron chi connectivity index (χ1n) is 6.75. The topological polar surface area (TPSA) is 39.1 Å². The molecule has 0 saturated heterocycles. The summed E-state index contributed by atoms with van der Waals surface area (Å²) in [6, 6.07) is 8.20. The molecule has 0 bridgehead atoms. The summed E-state index contributed by atoms with van der Waals surface area (Å²) in [5.41, 5.74) is 2.37. The van der Waals surface area contributed by atoms with Gasteiger partial charge in [0.25, 0.3) is 0 Å². The van der Waals surface area contributed by atoms with Gasteiger partial charge >= 0.3 is 0 Å². The Morgan fingerprint density at radius 3 is 2.58 bits per heavy atom. The van der Waals surface area contributed by atoms with Crippen LogP contribution in [-0.4, -0.2) is 16.3 Å². The zero-order valence-corrected chi connectivity index (χ0v) is 11.6. The van der Waals surface area contributed by atoms with E-state index in [1.54, 1.807) is 0 Å². The van der Waals surface area contributed by atoms with Crippen molar-refractivity contribution >= 4 is 0 Å². The fourth-order valence-electron chi connectivity index (χ4n) is 1.79. The monoisotopic (exact) mass is 259 g/mol. The Labute approximate surface area is 114 Å². The largest absolute Gasteiger partial charge is 0.489 e. The molecule has 0 fully saturated rings. The average molecular weight is 259 g/mol. The van der Waals surface area contributed by atoms with Crippen molar-refractivity contribution in [3.8, 4) is 5.75 Å². The first-order valence-corrected chi connectivity index (χ1v) is 6.75. The third kappa shape index (κ3) is 4.10. The number of nitrogens with zero attached hydrogens (tertiary/aromatic N) is 2. The predicted molar refractivity (Wildman–Crippen MR) is 76.1 cm³/mol. The third-order valence-electron chi connectivity index (χ3n) is 2.92. The molecular weight excluding hydrogens is 238 g/mol. The molecule has 0 radical (unpaired) electrons. The average Bonchev–Trinajstić information content (AvgIpc) is 2.92. The van der Waals surface area contributed by atoms with E-state index in [9.17, 15) is 0 Å². The zero-order valence-electron chi connectivity index (χ0n) is 11.6. The van der Waals surface area contributed by atoms with Crippen LogP contribution in [0.4, 0.5) is 0 Å². The summed E-state index contributed by atoms with van der Waals surface area (Å²) < 4.78 is 7.64. The second-order valence-electron chi connectivity index (χ2n) is 4.42. The Kier molecular flexibility index (Phi) is 4.98. The first-order chi connectivity index (χ1) is 9.31. The molecule has 4 nitrogen and oxygen atoms in total. The maximum absolute atomic E-state index is 5.74. The van der Waals surface area contributed by atoms with Crippen LogP contribution in [-0.2, 0) is 19.7 Å². The molecule has 4 heteroatoms. The highest BCUT2D eigenvalue weighted by atomic mass is 16.5. The molecule has 0 saturated carbocycles. The highest BCUT2D eigenvalue weighted by Crippen LogP contribution is 2.14. The number of ether oxygens (including phenoxy) is 1. The molecule has 2 rings (SSSR count). The van der Waals surface area contributed by atoms with Crippen LogP contribution in [0.3, 0.4) is 0 Å². The van der Waals surface area contributed by atoms with Crippen molar-refractivity contribution in [1.29, 1.82) is 0 Å². The molecule has 0 aliphatic heterocycles. The van der Waals surface area contributed by atoms with Crippen LogP contribution in [0.25, 0.3) is 0 Å². The van der Waals surface area contributed by atoms with Crippen LogP contribution < -0.4 is 10.1 Å². The molecule has 1 aromatic carbocycles. The van der Waals surface area contributed by atoms with Gasteiger partial charge in [0.2, 0.25) is 0 Å². The zero-order chi connectivity index (χ0) is 13.5. The summed E-state index contributed by atoms with van der Waals surface area (Å²) in [5.74, 6) is 0.893. The number of rotatable bonds is 7. The summed E-state index contributed by atoms with van der Waals surface area (Å²) >= 11 is 0. The van der Waals surface area contributed by atoms with Crippen LogP contribution >= 0.6 is 0 Å². The van der Waals surface area contributed by atoms with Gasteiger partial charge in [-0.3, -0.25) is 4.68 Å². The van der Waals surface area contributed by atoms with E-state index in [1.165, 1.54) is 5.56 Å². The number of hydrogen-bond donors (Lipinski definition) is 1. The molecule has 0 amide bonds. The molecule has 0 unspecified atom stereocenters. The lowest BCUT2D eigenvalue weighted by molar-refractivity contribution is 0.306. The van der Waals surface area contributed by atoms with Crippen molar-refractivity contribution in [3.63, 3.8) is 0 Å². The van der Waals surface area contributed by atoms with Crippen LogP contribution in [0.1, 0.15) is 25.0 Å². The lowest BCUT2D eigenvalue weighted by Crippen LogP contribution is -2.11. The molecular formula is C15H21N3O. The summed E-state index contributed by atoms with van der Waals surface area (Å²) in [5, 5.41) is 7.52. The molecule has 19 heavy (non-hydrogen) atoms. The Morgan fingerprint density at radius 2 is 1.95 bits per heavy atom. The van der Waals surface area contributed by atoms with Gasteiger partial charge in [0.05, 0.1) is 6.20 Å². The van der Waals surface area contributed by atoms with E-state index in [1.807, 2.05) is 29.2 Å². The van der Waals surface area contributed by atoms with Gasteiger partial charge in [0, 0.05) is 24.8 Å². The van der Waals surface area contributed by atoms with E-state index in [4.69, 9.17) is 4.74 Å². The van der Waals surface area contributed by atoms with E-state index in [-0.39, 0.29) is 0 Å². The lowest BCUT2D eigenvalue weighted by atomic mass is 10.2. The maximum Gasteiger partial charge on any atom is 0.119 e. The van der Waals surface area contributed by atoms with E-state index < -0.39 is 0 Å². The standard InChI is InChI=1S/C15H21N3O/c1-3-16-9-13-5-7-15(8-6-13)19-12-14-10-17-18(4-2)11-14/h5-8,10-11,16H,3-4,9,12H2,1-2H3. The Bertz CT molecular complexity index is 490. The normalized spacial score (nSPS) is 10.6. The molecule has 1 N–H and O–H groups in total. The van der Waals surface area contributed by atoms with Gasteiger partial charge in [-0.2, -0.15) is 5.10 Å². The maximum atomic E-state index is 5.74. The van der Waals surface area contributed by atoms with Gasteiger partial charge in [-0.05, 0) is 31.2 Å². The molecule has 1 aromatic heterocycles. The number of benzene rings is 1. The molecule has 2 aromatic rings. The number of hydrogen-bond acceptors (Lipinski definition) is 3. The van der Waals surface area contributed by atoms with Gasteiger partial charge < -0.3 is 10.1 Å². The fraction of sp³-hybridized carbons (Fsp3) is 0.400. The van der Waals surface area contributed by atoms with Gasteiger partial charge in [-0.25, -0.2) is 0 Å². The van der Waals surface area contributed by atoms with Crippen molar-refractivity contribution < 1.29 is 4.74 Å². The van der Waals surface area contributed by atoms with E-state index in [0.717, 1.165) is 30.9 Å². The number of nitrogens with one attached hydrogen (secondary N) is 1. The minimum absolute atomic E-state index is 0.562. The van der Waals surface area contributed by atoms with Crippen molar-refractivity contribution in [3.05, 3.63) is 47.8 Å². The summed E-state index contributed by atoms with van der Waals surface area (Å²) in [6.07, 6.45) is 3.86. The first kappa shape index (κ1) is 13.6. The minimum atomic E-state index is 0.562. The second-order valence-corrected chi connectivity index (χ2v) is 4.42. The van der Waals surface area contributed by atoms with Gasteiger partial charge in [-0.1, -0.05) is 19.1 Å². The fourth-order valence-corrected chi connectivity index (χ4v) is 1.79. The number of aryl methyl sites for hydroxylation is 1. The van der Waals surface area contributed by atoms with Gasteiger partial charge in [0.15, 0.2) is 0 Å². The van der Waals surface area contributed by atoms with Crippen molar-refractivity contribution in [1.82, 2.24) is 15.1 Å². The molecule has 0 aliphatic carbocycles. The Hall–Kier alpha value is -1.81. The van der Waals surface area contributed by atoms with E-state index in [0.29, 0.717) is 6.61 Å². The lowest BCUT2D eigenvalue weighted by Gasteiger charge is -2.06. The van der Waals surface area contributed by atoms with Crippen LogP contribution in [0.15, 0.2) is 36.7 Å². The quantitative estimate of drug-likeness (QED) is 0.830.